The first-order valence-electron chi connectivity index (χ1n) is 6.09. The Labute approximate surface area is 120 Å². The molecule has 4 heteroatoms. The minimum absolute atomic E-state index is 0.0737. The van der Waals surface area contributed by atoms with Crippen LogP contribution in [0, 0.1) is 5.82 Å². The van der Waals surface area contributed by atoms with Crippen molar-refractivity contribution >= 4 is 15.9 Å². The maximum atomic E-state index is 13.0. The Morgan fingerprint density at radius 3 is 2.63 bits per heavy atom. The zero-order valence-electron chi connectivity index (χ0n) is 10.6. The molecule has 0 aromatic heterocycles. The Bertz CT molecular complexity index is 574. The molecule has 0 heterocycles. The number of benzene rings is 2. The van der Waals surface area contributed by atoms with Crippen molar-refractivity contribution in [2.75, 3.05) is 0 Å². The molecule has 0 radical (unpaired) electrons. The maximum Gasteiger partial charge on any atom is 0.141 e. The van der Waals surface area contributed by atoms with Crippen LogP contribution in [0.1, 0.15) is 24.9 Å². The van der Waals surface area contributed by atoms with Gasteiger partial charge < -0.3 is 10.5 Å². The van der Waals surface area contributed by atoms with Gasteiger partial charge in [-0.25, -0.2) is 4.39 Å². The lowest BCUT2D eigenvalue weighted by molar-refractivity contribution is 0.464. The third-order valence-electron chi connectivity index (χ3n) is 2.87. The first-order chi connectivity index (χ1) is 9.11. The van der Waals surface area contributed by atoms with Crippen molar-refractivity contribution in [3.8, 4) is 11.5 Å². The molecule has 0 aliphatic heterocycles. The van der Waals surface area contributed by atoms with Crippen molar-refractivity contribution in [1.29, 1.82) is 0 Å². The number of halogens is 2. The van der Waals surface area contributed by atoms with Crippen molar-refractivity contribution in [2.24, 2.45) is 5.73 Å². The summed E-state index contributed by atoms with van der Waals surface area (Å²) >= 11 is 3.29. The van der Waals surface area contributed by atoms with E-state index in [1.807, 2.05) is 31.2 Å². The summed E-state index contributed by atoms with van der Waals surface area (Å²) in [6.45, 7) is 2.02. The van der Waals surface area contributed by atoms with Crippen molar-refractivity contribution in [1.82, 2.24) is 0 Å². The van der Waals surface area contributed by atoms with Gasteiger partial charge in [-0.1, -0.05) is 25.1 Å². The van der Waals surface area contributed by atoms with Gasteiger partial charge in [0.05, 0.1) is 4.47 Å². The molecule has 1 unspecified atom stereocenters. The molecule has 0 spiro atoms. The van der Waals surface area contributed by atoms with Gasteiger partial charge in [0.1, 0.15) is 17.3 Å². The second kappa shape index (κ2) is 6.17. The fourth-order valence-electron chi connectivity index (χ4n) is 1.78. The minimum atomic E-state index is -0.308. The van der Waals surface area contributed by atoms with E-state index in [1.54, 1.807) is 6.07 Å². The first-order valence-corrected chi connectivity index (χ1v) is 6.88. The predicted molar refractivity (Wildman–Crippen MR) is 77.8 cm³/mol. The molecule has 0 bridgehead atoms. The van der Waals surface area contributed by atoms with Crippen molar-refractivity contribution in [3.63, 3.8) is 0 Å². The summed E-state index contributed by atoms with van der Waals surface area (Å²) in [4.78, 5) is 0. The van der Waals surface area contributed by atoms with Crippen LogP contribution < -0.4 is 10.5 Å². The van der Waals surface area contributed by atoms with Gasteiger partial charge in [0.25, 0.3) is 0 Å². The highest BCUT2D eigenvalue weighted by Gasteiger charge is 2.12. The summed E-state index contributed by atoms with van der Waals surface area (Å²) in [5.74, 6) is 0.957. The van der Waals surface area contributed by atoms with Gasteiger partial charge in [-0.2, -0.15) is 0 Å². The van der Waals surface area contributed by atoms with Crippen molar-refractivity contribution < 1.29 is 9.13 Å². The highest BCUT2D eigenvalue weighted by atomic mass is 79.9. The second-order valence-electron chi connectivity index (χ2n) is 4.23. The monoisotopic (exact) mass is 323 g/mol. The van der Waals surface area contributed by atoms with Gasteiger partial charge in [0.15, 0.2) is 0 Å². The van der Waals surface area contributed by atoms with Gasteiger partial charge in [-0.3, -0.25) is 0 Å². The van der Waals surface area contributed by atoms with Crippen LogP contribution in [-0.2, 0) is 0 Å². The topological polar surface area (TPSA) is 35.2 Å². The van der Waals surface area contributed by atoms with Gasteiger partial charge >= 0.3 is 0 Å². The Morgan fingerprint density at radius 1 is 1.21 bits per heavy atom. The highest BCUT2D eigenvalue weighted by Crippen LogP contribution is 2.34. The molecule has 0 amide bonds. The molecule has 2 aromatic rings. The van der Waals surface area contributed by atoms with E-state index in [0.717, 1.165) is 12.0 Å². The fourth-order valence-corrected chi connectivity index (χ4v) is 2.21. The van der Waals surface area contributed by atoms with Crippen LogP contribution in [0.3, 0.4) is 0 Å². The molecular weight excluding hydrogens is 309 g/mol. The highest BCUT2D eigenvalue weighted by molar-refractivity contribution is 9.10. The molecule has 0 aliphatic rings. The van der Waals surface area contributed by atoms with E-state index in [4.69, 9.17) is 10.5 Å². The van der Waals surface area contributed by atoms with E-state index in [1.165, 1.54) is 12.1 Å². The third kappa shape index (κ3) is 3.33. The van der Waals surface area contributed by atoms with Crippen molar-refractivity contribution in [2.45, 2.75) is 19.4 Å². The smallest absolute Gasteiger partial charge is 0.141 e. The standard InChI is InChI=1S/C15H15BrFNO/c1-2-13(18)11-5-3-4-6-14(11)19-15-8-7-10(17)9-12(15)16/h3-9,13H,2,18H2,1H3. The number of rotatable bonds is 4. The van der Waals surface area contributed by atoms with Gasteiger partial charge in [0.2, 0.25) is 0 Å². The number of para-hydroxylation sites is 1. The van der Waals surface area contributed by atoms with Gasteiger partial charge in [0, 0.05) is 11.6 Å². The summed E-state index contributed by atoms with van der Waals surface area (Å²) in [5.41, 5.74) is 7.00. The lowest BCUT2D eigenvalue weighted by atomic mass is 10.0. The van der Waals surface area contributed by atoms with Crippen LogP contribution in [-0.4, -0.2) is 0 Å². The van der Waals surface area contributed by atoms with E-state index < -0.39 is 0 Å². The second-order valence-corrected chi connectivity index (χ2v) is 5.08. The van der Waals surface area contributed by atoms with Gasteiger partial charge in [-0.05, 0) is 46.6 Å². The Hall–Kier alpha value is -1.39. The quantitative estimate of drug-likeness (QED) is 0.877. The number of hydrogen-bond donors (Lipinski definition) is 1. The molecule has 2 rings (SSSR count). The molecule has 2 nitrogen and oxygen atoms in total. The predicted octanol–water partition coefficient (Wildman–Crippen LogP) is 4.79. The van der Waals surface area contributed by atoms with E-state index >= 15 is 0 Å². The van der Waals surface area contributed by atoms with Crippen LogP contribution in [0.25, 0.3) is 0 Å². The SMILES string of the molecule is CCC(N)c1ccccc1Oc1ccc(F)cc1Br. The Kier molecular flexibility index (Phi) is 4.56. The molecule has 19 heavy (non-hydrogen) atoms. The van der Waals surface area contributed by atoms with Crippen LogP contribution in [0.15, 0.2) is 46.9 Å². The van der Waals surface area contributed by atoms with E-state index in [0.29, 0.717) is 16.0 Å². The Morgan fingerprint density at radius 2 is 1.95 bits per heavy atom. The van der Waals surface area contributed by atoms with Crippen LogP contribution in [0.4, 0.5) is 4.39 Å². The fraction of sp³-hybridized carbons (Fsp3) is 0.200. The third-order valence-corrected chi connectivity index (χ3v) is 3.49. The lowest BCUT2D eigenvalue weighted by Crippen LogP contribution is -2.09. The molecule has 2 N–H and O–H groups in total. The number of nitrogens with two attached hydrogens (primary N) is 1. The largest absolute Gasteiger partial charge is 0.456 e. The summed E-state index contributed by atoms with van der Waals surface area (Å²) < 4.78 is 19.4. The Balaban J connectivity index is 2.33. The normalized spacial score (nSPS) is 12.2. The number of ether oxygens (including phenoxy) is 1. The molecule has 2 aromatic carbocycles. The van der Waals surface area contributed by atoms with E-state index in [-0.39, 0.29) is 11.9 Å². The minimum Gasteiger partial charge on any atom is -0.456 e. The van der Waals surface area contributed by atoms with E-state index in [2.05, 4.69) is 15.9 Å². The van der Waals surface area contributed by atoms with Crippen LogP contribution >= 0.6 is 15.9 Å². The van der Waals surface area contributed by atoms with Crippen LogP contribution in [0.2, 0.25) is 0 Å². The zero-order valence-corrected chi connectivity index (χ0v) is 12.2. The number of hydrogen-bond acceptors (Lipinski definition) is 2. The average Bonchev–Trinajstić information content (AvgIpc) is 2.41. The summed E-state index contributed by atoms with van der Waals surface area (Å²) in [5, 5.41) is 0. The van der Waals surface area contributed by atoms with Crippen LogP contribution in [0.5, 0.6) is 11.5 Å². The molecule has 1 atom stereocenters. The lowest BCUT2D eigenvalue weighted by Gasteiger charge is -2.16. The summed E-state index contributed by atoms with van der Waals surface area (Å²) in [6.07, 6.45) is 0.824. The molecule has 0 aliphatic carbocycles. The molecular formula is C15H15BrFNO. The van der Waals surface area contributed by atoms with E-state index in [9.17, 15) is 4.39 Å². The molecule has 0 saturated heterocycles. The molecule has 0 saturated carbocycles. The summed E-state index contributed by atoms with van der Waals surface area (Å²) in [7, 11) is 0. The average molecular weight is 324 g/mol. The summed E-state index contributed by atoms with van der Waals surface area (Å²) in [6, 6.07) is 11.9. The molecule has 0 fully saturated rings. The maximum absolute atomic E-state index is 13.0. The zero-order chi connectivity index (χ0) is 13.8. The first kappa shape index (κ1) is 14.0. The molecule has 100 valence electrons. The van der Waals surface area contributed by atoms with Crippen molar-refractivity contribution in [3.05, 3.63) is 58.3 Å². The van der Waals surface area contributed by atoms with Gasteiger partial charge in [-0.15, -0.1) is 0 Å².